The molecular formula is C32H38N2O6S. The van der Waals surface area contributed by atoms with E-state index >= 15 is 0 Å². The Morgan fingerprint density at radius 3 is 2.56 bits per heavy atom. The second-order valence-corrected chi connectivity index (χ2v) is 13.9. The molecule has 2 aromatic rings. The summed E-state index contributed by atoms with van der Waals surface area (Å²) in [5.74, 6) is -0.748. The van der Waals surface area contributed by atoms with Crippen LogP contribution in [0.3, 0.4) is 0 Å². The van der Waals surface area contributed by atoms with Gasteiger partial charge < -0.3 is 14.0 Å². The van der Waals surface area contributed by atoms with Crippen LogP contribution in [0.15, 0.2) is 52.6 Å². The summed E-state index contributed by atoms with van der Waals surface area (Å²) in [6.45, 7) is 4.03. The Labute approximate surface area is 241 Å². The Bertz CT molecular complexity index is 1640. The predicted octanol–water partition coefficient (Wildman–Crippen LogP) is 5.25. The molecule has 41 heavy (non-hydrogen) atoms. The lowest BCUT2D eigenvalue weighted by Crippen LogP contribution is -2.34. The minimum Gasteiger partial charge on any atom is -0.496 e. The number of ether oxygens (including phenoxy) is 2. The number of nitrogens with zero attached hydrogens (tertiary/aromatic N) is 1. The zero-order valence-electron chi connectivity index (χ0n) is 24.2. The van der Waals surface area contributed by atoms with E-state index < -0.39 is 21.8 Å². The molecule has 0 spiro atoms. The van der Waals surface area contributed by atoms with Gasteiger partial charge in [-0.25, -0.2) is 13.1 Å². The van der Waals surface area contributed by atoms with E-state index in [1.807, 2.05) is 18.2 Å². The van der Waals surface area contributed by atoms with Crippen molar-refractivity contribution in [2.45, 2.75) is 70.8 Å². The molecule has 0 bridgehead atoms. The minimum absolute atomic E-state index is 0.113. The Morgan fingerprint density at radius 2 is 1.88 bits per heavy atom. The third-order valence-electron chi connectivity index (χ3n) is 9.02. The van der Waals surface area contributed by atoms with Crippen molar-refractivity contribution in [2.24, 2.45) is 11.8 Å². The van der Waals surface area contributed by atoms with Crippen LogP contribution in [0.25, 0.3) is 10.9 Å². The molecule has 1 aromatic carbocycles. The second-order valence-electron chi connectivity index (χ2n) is 12.1. The smallest absolute Gasteiger partial charge is 0.309 e. The highest BCUT2D eigenvalue weighted by Crippen LogP contribution is 2.55. The summed E-state index contributed by atoms with van der Waals surface area (Å²) in [5, 5.41) is 0.998. The SMILES string of the molecule is COC(=O)[C@@H]1CC=CC2=C3C(=C3C(=O)NS(=O)(=O)CC(C)C)Cn3c(cc4c(OC)ccc(C5CCCCC5)c43)C21. The normalized spacial score (nSPS) is 22.3. The van der Waals surface area contributed by atoms with Gasteiger partial charge in [0.05, 0.1) is 37.0 Å². The van der Waals surface area contributed by atoms with Crippen LogP contribution in [0.1, 0.15) is 75.5 Å². The van der Waals surface area contributed by atoms with E-state index in [1.54, 1.807) is 21.0 Å². The fourth-order valence-electron chi connectivity index (χ4n) is 7.32. The number of hydrogen-bond acceptors (Lipinski definition) is 6. The first kappa shape index (κ1) is 27.8. The fourth-order valence-corrected chi connectivity index (χ4v) is 8.67. The minimum atomic E-state index is -3.78. The number of rotatable bonds is 7. The number of fused-ring (bicyclic) bond motifs is 6. The first-order valence-corrected chi connectivity index (χ1v) is 16.3. The highest BCUT2D eigenvalue weighted by Gasteiger charge is 2.47. The highest BCUT2D eigenvalue weighted by atomic mass is 32.2. The quantitative estimate of drug-likeness (QED) is 0.450. The number of amides is 1. The standard InChI is InChI=1S/C32H38N2O6S/c1-18(2)17-41(37,38)33-31(35)29-24-16-34-25(27-21(28(24)29)11-8-12-22(27)32(36)40-4)15-23-26(39-3)14-13-20(30(23)34)19-9-6-5-7-10-19/h8,11,13-15,18-19,22,27H,5-7,9-10,12,16-17H2,1-4H3,(H,33,35)/t22-,27?/m1/s1. The molecule has 6 rings (SSSR count). The van der Waals surface area contributed by atoms with Crippen LogP contribution in [-0.2, 0) is 30.9 Å². The molecule has 218 valence electrons. The Hall–Kier alpha value is -3.33. The van der Waals surface area contributed by atoms with Crippen molar-refractivity contribution in [2.75, 3.05) is 20.0 Å². The molecule has 1 amide bonds. The van der Waals surface area contributed by atoms with Gasteiger partial charge in [-0.1, -0.05) is 51.3 Å². The molecule has 1 unspecified atom stereocenters. The molecule has 9 heteroatoms. The molecule has 1 aliphatic heterocycles. The summed E-state index contributed by atoms with van der Waals surface area (Å²) in [6.07, 6.45) is 10.3. The van der Waals surface area contributed by atoms with Crippen LogP contribution in [0.2, 0.25) is 0 Å². The van der Waals surface area contributed by atoms with Crippen molar-refractivity contribution in [1.29, 1.82) is 0 Å². The molecule has 1 N–H and O–H groups in total. The molecular weight excluding hydrogens is 540 g/mol. The number of hydrogen-bond donors (Lipinski definition) is 1. The van der Waals surface area contributed by atoms with Gasteiger partial charge in [-0.15, -0.1) is 0 Å². The molecule has 0 saturated heterocycles. The maximum Gasteiger partial charge on any atom is 0.309 e. The molecule has 8 nitrogen and oxygen atoms in total. The zero-order valence-corrected chi connectivity index (χ0v) is 25.0. The van der Waals surface area contributed by atoms with E-state index in [2.05, 4.69) is 21.4 Å². The number of esters is 1. The van der Waals surface area contributed by atoms with Gasteiger partial charge in [-0.3, -0.25) is 9.59 Å². The van der Waals surface area contributed by atoms with E-state index in [0.29, 0.717) is 24.5 Å². The first-order valence-electron chi connectivity index (χ1n) is 14.6. The summed E-state index contributed by atoms with van der Waals surface area (Å²) >= 11 is 0. The maximum atomic E-state index is 13.4. The molecule has 3 aliphatic carbocycles. The summed E-state index contributed by atoms with van der Waals surface area (Å²) < 4.78 is 41.0. The van der Waals surface area contributed by atoms with Crippen molar-refractivity contribution in [3.8, 4) is 5.75 Å². The van der Waals surface area contributed by atoms with Crippen LogP contribution in [0.5, 0.6) is 5.75 Å². The number of aromatic nitrogens is 1. The van der Waals surface area contributed by atoms with Gasteiger partial charge in [-0.05, 0) is 65.5 Å². The molecule has 2 atom stereocenters. The lowest BCUT2D eigenvalue weighted by Gasteiger charge is -2.29. The zero-order chi connectivity index (χ0) is 29.1. The number of carbonyl (C=O) groups is 2. The summed E-state index contributed by atoms with van der Waals surface area (Å²) in [5.41, 5.74) is 6.23. The number of nitrogens with one attached hydrogen (secondary N) is 1. The van der Waals surface area contributed by atoms with Gasteiger partial charge in [0.2, 0.25) is 10.0 Å². The average Bonchev–Trinajstić information content (AvgIpc) is 3.57. The average molecular weight is 579 g/mol. The van der Waals surface area contributed by atoms with E-state index in [9.17, 15) is 18.0 Å². The fraction of sp³-hybridized carbons (Fsp3) is 0.500. The number of sulfonamides is 1. The van der Waals surface area contributed by atoms with Gasteiger partial charge in [0.25, 0.3) is 5.91 Å². The van der Waals surface area contributed by atoms with Crippen molar-refractivity contribution in [1.82, 2.24) is 9.29 Å². The summed E-state index contributed by atoms with van der Waals surface area (Å²) in [7, 11) is -0.703. The van der Waals surface area contributed by atoms with Gasteiger partial charge in [-0.2, -0.15) is 0 Å². The van der Waals surface area contributed by atoms with Crippen molar-refractivity contribution in [3.63, 3.8) is 0 Å². The van der Waals surface area contributed by atoms with Crippen molar-refractivity contribution < 1.29 is 27.5 Å². The maximum absolute atomic E-state index is 13.4. The molecule has 1 aromatic heterocycles. The Balaban J connectivity index is 1.54. The van der Waals surface area contributed by atoms with Crippen LogP contribution in [0.4, 0.5) is 0 Å². The Kier molecular flexibility index (Phi) is 7.12. The third-order valence-corrected chi connectivity index (χ3v) is 10.6. The van der Waals surface area contributed by atoms with Crippen molar-refractivity contribution >= 4 is 32.8 Å². The highest BCUT2D eigenvalue weighted by molar-refractivity contribution is 7.90. The van der Waals surface area contributed by atoms with Crippen LogP contribution < -0.4 is 9.46 Å². The van der Waals surface area contributed by atoms with Crippen molar-refractivity contribution in [3.05, 3.63) is 63.9 Å². The molecule has 1 fully saturated rings. The van der Waals surface area contributed by atoms with Gasteiger partial charge >= 0.3 is 5.97 Å². The third kappa shape index (κ3) is 4.82. The van der Waals surface area contributed by atoms with Gasteiger partial charge in [0.1, 0.15) is 5.75 Å². The van der Waals surface area contributed by atoms with Crippen LogP contribution in [-0.4, -0.2) is 44.8 Å². The number of allylic oxidation sites excluding steroid dienone is 4. The number of benzene rings is 1. The lowest BCUT2D eigenvalue weighted by atomic mass is 9.76. The number of carbonyl (C=O) groups excluding carboxylic acids is 2. The topological polar surface area (TPSA) is 104 Å². The van der Waals surface area contributed by atoms with Gasteiger partial charge in [0.15, 0.2) is 0 Å². The van der Waals surface area contributed by atoms with E-state index in [4.69, 9.17) is 9.47 Å². The molecule has 1 saturated carbocycles. The summed E-state index contributed by atoms with van der Waals surface area (Å²) in [4.78, 5) is 26.6. The largest absolute Gasteiger partial charge is 0.496 e. The van der Waals surface area contributed by atoms with E-state index in [-0.39, 0.29) is 23.6 Å². The molecule has 4 aliphatic rings. The summed E-state index contributed by atoms with van der Waals surface area (Å²) in [6, 6.07) is 6.37. The van der Waals surface area contributed by atoms with E-state index in [1.165, 1.54) is 31.9 Å². The second kappa shape index (κ2) is 10.5. The number of methoxy groups -OCH3 is 2. The first-order chi connectivity index (χ1) is 19.6. The Morgan fingerprint density at radius 1 is 1.12 bits per heavy atom. The van der Waals surface area contributed by atoms with Crippen LogP contribution in [0, 0.1) is 11.8 Å². The monoisotopic (exact) mass is 578 g/mol. The molecule has 0 radical (unpaired) electrons. The van der Waals surface area contributed by atoms with Crippen LogP contribution >= 0.6 is 0 Å². The molecule has 2 heterocycles. The lowest BCUT2D eigenvalue weighted by molar-refractivity contribution is -0.146. The predicted molar refractivity (Wildman–Crippen MR) is 157 cm³/mol. The van der Waals surface area contributed by atoms with Gasteiger partial charge in [0, 0.05) is 23.5 Å². The van der Waals surface area contributed by atoms with E-state index in [0.717, 1.165) is 51.9 Å².